The van der Waals surface area contributed by atoms with Crippen LogP contribution in [0.3, 0.4) is 0 Å². The van der Waals surface area contributed by atoms with E-state index in [2.05, 4.69) is 26.2 Å². The fourth-order valence-electron chi connectivity index (χ4n) is 3.56. The molecule has 31 heavy (non-hydrogen) atoms. The van der Waals surface area contributed by atoms with Crippen molar-refractivity contribution in [1.29, 1.82) is 0 Å². The molecule has 1 saturated heterocycles. The van der Waals surface area contributed by atoms with Crippen molar-refractivity contribution in [3.8, 4) is 0 Å². The Labute approximate surface area is 190 Å². The minimum Gasteiger partial charge on any atom is -0.444 e. The summed E-state index contributed by atoms with van der Waals surface area (Å²) in [6, 6.07) is 10.8. The Hall–Kier alpha value is -2.68. The first-order chi connectivity index (χ1) is 14.6. The molecule has 2 aromatic rings. The zero-order chi connectivity index (χ0) is 22.6. The molecule has 8 nitrogen and oxygen atoms in total. The molecule has 1 amide bonds. The highest BCUT2D eigenvalue weighted by Crippen LogP contribution is 2.29. The normalized spacial score (nSPS) is 14.9. The summed E-state index contributed by atoms with van der Waals surface area (Å²) >= 11 is 3.26. The number of nitro groups is 1. The highest BCUT2D eigenvalue weighted by Gasteiger charge is 2.27. The third-order valence-corrected chi connectivity index (χ3v) is 5.46. The Morgan fingerprint density at radius 1 is 1.29 bits per heavy atom. The maximum atomic E-state index is 12.2. The van der Waals surface area contributed by atoms with Gasteiger partial charge in [-0.3, -0.25) is 10.1 Å². The monoisotopic (exact) mass is 490 g/mol. The fraction of sp³-hybridized carbons (Fsp3) is 0.455. The Morgan fingerprint density at radius 2 is 2.00 bits per heavy atom. The molecule has 0 unspecified atom stereocenters. The summed E-state index contributed by atoms with van der Waals surface area (Å²) in [4.78, 5) is 29.0. The lowest BCUT2D eigenvalue weighted by Gasteiger charge is -2.33. The molecule has 2 heterocycles. The van der Waals surface area contributed by atoms with Gasteiger partial charge in [0.2, 0.25) is 5.82 Å². The van der Waals surface area contributed by atoms with Crippen molar-refractivity contribution in [2.24, 2.45) is 5.92 Å². The van der Waals surface area contributed by atoms with Crippen LogP contribution in [-0.4, -0.2) is 39.6 Å². The summed E-state index contributed by atoms with van der Waals surface area (Å²) < 4.78 is 5.98. The SMILES string of the molecule is CC(C)(C)OC(=O)N1CCC(Cc2cccc(Nc3nc(Br)ccc3[N+](=O)[O-])c2)CC1. The van der Waals surface area contributed by atoms with E-state index in [0.29, 0.717) is 23.6 Å². The molecule has 166 valence electrons. The average Bonchev–Trinajstić information content (AvgIpc) is 2.67. The summed E-state index contributed by atoms with van der Waals surface area (Å²) in [6.45, 7) is 6.99. The van der Waals surface area contributed by atoms with Gasteiger partial charge in [0.05, 0.1) is 4.92 Å². The minimum atomic E-state index is -0.486. The smallest absolute Gasteiger partial charge is 0.410 e. The van der Waals surface area contributed by atoms with Crippen LogP contribution in [0.4, 0.5) is 22.0 Å². The van der Waals surface area contributed by atoms with Gasteiger partial charge in [-0.25, -0.2) is 9.78 Å². The van der Waals surface area contributed by atoms with Crippen LogP contribution in [-0.2, 0) is 11.2 Å². The molecule has 0 atom stereocenters. The third kappa shape index (κ3) is 6.65. The molecular formula is C22H27BrN4O4. The second-order valence-corrected chi connectivity index (χ2v) is 9.51. The molecule has 0 aliphatic carbocycles. The van der Waals surface area contributed by atoms with Crippen molar-refractivity contribution in [2.45, 2.75) is 45.6 Å². The van der Waals surface area contributed by atoms with Gasteiger partial charge in [0.25, 0.3) is 0 Å². The first-order valence-electron chi connectivity index (χ1n) is 10.3. The Kier molecular flexibility index (Phi) is 7.15. The van der Waals surface area contributed by atoms with Crippen LogP contribution < -0.4 is 5.32 Å². The fourth-order valence-corrected chi connectivity index (χ4v) is 3.87. The number of nitrogens with one attached hydrogen (secondary N) is 1. The van der Waals surface area contributed by atoms with Crippen molar-refractivity contribution in [3.63, 3.8) is 0 Å². The molecule has 9 heteroatoms. The van der Waals surface area contributed by atoms with Crippen LogP contribution in [0, 0.1) is 16.0 Å². The number of carbonyl (C=O) groups is 1. The van der Waals surface area contributed by atoms with Crippen molar-refractivity contribution < 1.29 is 14.5 Å². The lowest BCUT2D eigenvalue weighted by Crippen LogP contribution is -2.42. The molecular weight excluding hydrogens is 464 g/mol. The van der Waals surface area contributed by atoms with Crippen molar-refractivity contribution >= 4 is 39.2 Å². The minimum absolute atomic E-state index is 0.0804. The Bertz CT molecular complexity index is 953. The Balaban J connectivity index is 1.61. The Morgan fingerprint density at radius 3 is 2.65 bits per heavy atom. The third-order valence-electron chi connectivity index (χ3n) is 5.02. The number of pyridine rings is 1. The summed E-state index contributed by atoms with van der Waals surface area (Å²) in [5.41, 5.74) is 1.32. The van der Waals surface area contributed by atoms with E-state index in [4.69, 9.17) is 4.74 Å². The molecule has 0 bridgehead atoms. The van der Waals surface area contributed by atoms with Gasteiger partial charge in [0.15, 0.2) is 0 Å². The molecule has 0 spiro atoms. The van der Waals surface area contributed by atoms with E-state index in [0.717, 1.165) is 30.5 Å². The van der Waals surface area contributed by atoms with E-state index in [1.807, 2.05) is 45.0 Å². The molecule has 1 aromatic heterocycles. The van der Waals surface area contributed by atoms with Gasteiger partial charge >= 0.3 is 11.8 Å². The quantitative estimate of drug-likeness (QED) is 0.328. The van der Waals surface area contributed by atoms with E-state index >= 15 is 0 Å². The molecule has 1 N–H and O–H groups in total. The highest BCUT2D eigenvalue weighted by atomic mass is 79.9. The molecule has 1 fully saturated rings. The molecule has 0 radical (unpaired) electrons. The summed E-state index contributed by atoms with van der Waals surface area (Å²) in [5, 5.41) is 14.3. The van der Waals surface area contributed by atoms with E-state index in [1.54, 1.807) is 11.0 Å². The van der Waals surface area contributed by atoms with Gasteiger partial charge in [-0.15, -0.1) is 0 Å². The number of hydrogen-bond acceptors (Lipinski definition) is 6. The maximum Gasteiger partial charge on any atom is 0.410 e. The summed E-state index contributed by atoms with van der Waals surface area (Å²) in [5.74, 6) is 0.662. The molecule has 0 saturated carbocycles. The van der Waals surface area contributed by atoms with Crippen molar-refractivity contribution in [2.75, 3.05) is 18.4 Å². The number of hydrogen-bond donors (Lipinski definition) is 1. The van der Waals surface area contributed by atoms with E-state index in [-0.39, 0.29) is 17.6 Å². The predicted molar refractivity (Wildman–Crippen MR) is 123 cm³/mol. The van der Waals surface area contributed by atoms with Gasteiger partial charge in [-0.05, 0) is 85.6 Å². The number of carbonyl (C=O) groups excluding carboxylic acids is 1. The number of ether oxygens (including phenoxy) is 1. The zero-order valence-corrected chi connectivity index (χ0v) is 19.5. The lowest BCUT2D eigenvalue weighted by atomic mass is 9.90. The van der Waals surface area contributed by atoms with Gasteiger partial charge < -0.3 is 15.0 Å². The standard InChI is InChI=1S/C22H27BrN4O4/c1-22(2,3)31-21(28)26-11-9-15(10-12-26)13-16-5-4-6-17(14-16)24-20-18(27(29)30)7-8-19(23)25-20/h4-8,14-15H,9-13H2,1-3H3,(H,24,25). The van der Waals surface area contributed by atoms with Crippen LogP contribution in [0.5, 0.6) is 0 Å². The predicted octanol–water partition coefficient (Wildman–Crippen LogP) is 5.69. The maximum absolute atomic E-state index is 12.2. The number of halogens is 1. The number of amides is 1. The molecule has 1 aliphatic heterocycles. The number of nitrogens with zero attached hydrogens (tertiary/aromatic N) is 3. The number of anilines is 2. The van der Waals surface area contributed by atoms with Gasteiger partial charge in [0.1, 0.15) is 10.2 Å². The molecule has 1 aliphatic rings. The van der Waals surface area contributed by atoms with Crippen molar-refractivity contribution in [3.05, 3.63) is 56.7 Å². The highest BCUT2D eigenvalue weighted by molar-refractivity contribution is 9.10. The first-order valence-corrected chi connectivity index (χ1v) is 11.0. The van der Waals surface area contributed by atoms with Crippen LogP contribution in [0.25, 0.3) is 0 Å². The molecule has 3 rings (SSSR count). The van der Waals surface area contributed by atoms with Gasteiger partial charge in [0, 0.05) is 24.8 Å². The second-order valence-electron chi connectivity index (χ2n) is 8.70. The average molecular weight is 491 g/mol. The first kappa shape index (κ1) is 23.0. The van der Waals surface area contributed by atoms with Crippen LogP contribution >= 0.6 is 15.9 Å². The number of benzene rings is 1. The number of aromatic nitrogens is 1. The summed E-state index contributed by atoms with van der Waals surface area (Å²) in [7, 11) is 0. The number of likely N-dealkylation sites (tertiary alicyclic amines) is 1. The van der Waals surface area contributed by atoms with Crippen LogP contribution in [0.15, 0.2) is 41.0 Å². The zero-order valence-electron chi connectivity index (χ0n) is 17.9. The van der Waals surface area contributed by atoms with E-state index < -0.39 is 10.5 Å². The molecule has 1 aromatic carbocycles. The van der Waals surface area contributed by atoms with E-state index in [1.165, 1.54) is 6.07 Å². The second kappa shape index (κ2) is 9.64. The topological polar surface area (TPSA) is 97.6 Å². The van der Waals surface area contributed by atoms with Crippen LogP contribution in [0.2, 0.25) is 0 Å². The summed E-state index contributed by atoms with van der Waals surface area (Å²) in [6.07, 6.45) is 2.46. The van der Waals surface area contributed by atoms with E-state index in [9.17, 15) is 14.9 Å². The van der Waals surface area contributed by atoms with Gasteiger partial charge in [-0.2, -0.15) is 0 Å². The van der Waals surface area contributed by atoms with Gasteiger partial charge in [-0.1, -0.05) is 12.1 Å². The number of rotatable bonds is 5. The largest absolute Gasteiger partial charge is 0.444 e. The van der Waals surface area contributed by atoms with Crippen molar-refractivity contribution in [1.82, 2.24) is 9.88 Å². The van der Waals surface area contributed by atoms with Crippen LogP contribution in [0.1, 0.15) is 39.2 Å². The number of piperidine rings is 1. The lowest BCUT2D eigenvalue weighted by molar-refractivity contribution is -0.384.